The van der Waals surface area contributed by atoms with E-state index >= 15 is 0 Å². The molecule has 82 valence electrons. The van der Waals surface area contributed by atoms with Crippen molar-refractivity contribution < 1.29 is 0 Å². The summed E-state index contributed by atoms with van der Waals surface area (Å²) in [7, 11) is 0. The third-order valence-corrected chi connectivity index (χ3v) is 2.91. The molecule has 2 nitrogen and oxygen atoms in total. The van der Waals surface area contributed by atoms with E-state index in [9.17, 15) is 0 Å². The maximum Gasteiger partial charge on any atom is 0.00745 e. The molecule has 0 saturated carbocycles. The number of allylic oxidation sites excluding steroid dienone is 2. The van der Waals surface area contributed by atoms with Gasteiger partial charge in [0.1, 0.15) is 0 Å². The van der Waals surface area contributed by atoms with Crippen LogP contribution in [-0.4, -0.2) is 19.6 Å². The predicted octanol–water partition coefficient (Wildman–Crippen LogP) is 2.06. The summed E-state index contributed by atoms with van der Waals surface area (Å²) in [5.74, 6) is 0.938. The van der Waals surface area contributed by atoms with Gasteiger partial charge in [-0.05, 0) is 51.0 Å². The van der Waals surface area contributed by atoms with Gasteiger partial charge in [0, 0.05) is 13.1 Å². The van der Waals surface area contributed by atoms with Gasteiger partial charge in [0.15, 0.2) is 0 Å². The van der Waals surface area contributed by atoms with E-state index in [2.05, 4.69) is 17.5 Å². The Morgan fingerprint density at radius 1 is 1.29 bits per heavy atom. The average Bonchev–Trinajstić information content (AvgIpc) is 2.46. The second kappa shape index (κ2) is 8.01. The minimum atomic E-state index is 0.756. The summed E-state index contributed by atoms with van der Waals surface area (Å²) in [5, 5.41) is 3.35. The molecule has 0 aromatic heterocycles. The molecular formula is C12H24N2. The van der Waals surface area contributed by atoms with Crippen molar-refractivity contribution in [3.05, 3.63) is 12.2 Å². The Morgan fingerprint density at radius 2 is 2.21 bits per heavy atom. The third-order valence-electron chi connectivity index (χ3n) is 2.91. The molecule has 1 aliphatic rings. The van der Waals surface area contributed by atoms with Gasteiger partial charge in [-0.3, -0.25) is 0 Å². The van der Waals surface area contributed by atoms with E-state index in [0.717, 1.165) is 25.6 Å². The summed E-state index contributed by atoms with van der Waals surface area (Å²) >= 11 is 0. The van der Waals surface area contributed by atoms with Crippen LogP contribution in [0.2, 0.25) is 0 Å². The molecule has 0 saturated heterocycles. The van der Waals surface area contributed by atoms with E-state index in [0.29, 0.717) is 0 Å². The summed E-state index contributed by atoms with van der Waals surface area (Å²) < 4.78 is 0. The molecule has 0 bridgehead atoms. The second-order valence-electron chi connectivity index (χ2n) is 4.18. The normalized spacial score (nSPS) is 22.2. The van der Waals surface area contributed by atoms with Crippen molar-refractivity contribution in [3.8, 4) is 0 Å². The Hall–Kier alpha value is -0.340. The average molecular weight is 196 g/mol. The lowest BCUT2D eigenvalue weighted by Gasteiger charge is -2.12. The lowest BCUT2D eigenvalue weighted by atomic mass is 9.95. The number of nitrogens with one attached hydrogen (secondary N) is 1. The van der Waals surface area contributed by atoms with Crippen molar-refractivity contribution in [2.75, 3.05) is 19.6 Å². The smallest absolute Gasteiger partial charge is 0.00745 e. The molecule has 0 aliphatic heterocycles. The Labute approximate surface area is 87.9 Å². The first-order chi connectivity index (χ1) is 6.93. The van der Waals surface area contributed by atoms with Crippen molar-refractivity contribution in [1.29, 1.82) is 0 Å². The van der Waals surface area contributed by atoms with Crippen LogP contribution in [0, 0.1) is 5.92 Å². The summed E-state index contributed by atoms with van der Waals surface area (Å²) in [6, 6.07) is 0. The van der Waals surface area contributed by atoms with Crippen LogP contribution in [0.3, 0.4) is 0 Å². The van der Waals surface area contributed by atoms with Crippen LogP contribution in [0.25, 0.3) is 0 Å². The maximum atomic E-state index is 5.40. The largest absolute Gasteiger partial charge is 0.329 e. The van der Waals surface area contributed by atoms with Gasteiger partial charge < -0.3 is 11.1 Å². The van der Waals surface area contributed by atoms with E-state index in [-0.39, 0.29) is 0 Å². The Balaban J connectivity index is 1.97. The summed E-state index contributed by atoms with van der Waals surface area (Å²) in [6.45, 7) is 2.86. The Bertz CT molecular complexity index is 154. The molecular weight excluding hydrogens is 172 g/mol. The number of rotatable bonds is 6. The quantitative estimate of drug-likeness (QED) is 0.504. The highest BCUT2D eigenvalue weighted by Crippen LogP contribution is 2.22. The second-order valence-corrected chi connectivity index (χ2v) is 4.18. The van der Waals surface area contributed by atoms with Gasteiger partial charge in [0.05, 0.1) is 0 Å². The fraction of sp³-hybridized carbons (Fsp3) is 0.833. The van der Waals surface area contributed by atoms with Gasteiger partial charge in [-0.1, -0.05) is 12.2 Å². The highest BCUT2D eigenvalue weighted by molar-refractivity contribution is 4.87. The van der Waals surface area contributed by atoms with E-state index in [1.807, 2.05) is 0 Å². The summed E-state index contributed by atoms with van der Waals surface area (Å²) in [4.78, 5) is 0. The van der Waals surface area contributed by atoms with Gasteiger partial charge in [-0.25, -0.2) is 0 Å². The van der Waals surface area contributed by atoms with Crippen LogP contribution >= 0.6 is 0 Å². The van der Waals surface area contributed by atoms with Crippen molar-refractivity contribution in [3.63, 3.8) is 0 Å². The van der Waals surface area contributed by atoms with Crippen LogP contribution in [0.4, 0.5) is 0 Å². The van der Waals surface area contributed by atoms with E-state index < -0.39 is 0 Å². The molecule has 0 heterocycles. The van der Waals surface area contributed by atoms with E-state index in [1.165, 1.54) is 38.5 Å². The standard InChI is InChI=1S/C12H24N2/c13-9-11-14-10-5-8-12-6-3-1-2-4-7-12/h1,3,12,14H,2,4-11,13H2. The Kier molecular flexibility index (Phi) is 6.71. The first kappa shape index (κ1) is 11.7. The highest BCUT2D eigenvalue weighted by atomic mass is 14.9. The monoisotopic (exact) mass is 196 g/mol. The zero-order chi connectivity index (χ0) is 10.1. The van der Waals surface area contributed by atoms with Crippen molar-refractivity contribution in [2.45, 2.75) is 38.5 Å². The molecule has 0 radical (unpaired) electrons. The van der Waals surface area contributed by atoms with Crippen LogP contribution in [-0.2, 0) is 0 Å². The molecule has 1 atom stereocenters. The molecule has 0 aromatic carbocycles. The van der Waals surface area contributed by atoms with Gasteiger partial charge in [0.2, 0.25) is 0 Å². The van der Waals surface area contributed by atoms with Crippen molar-refractivity contribution in [2.24, 2.45) is 11.7 Å². The molecule has 0 spiro atoms. The fourth-order valence-corrected chi connectivity index (χ4v) is 2.05. The van der Waals surface area contributed by atoms with Gasteiger partial charge >= 0.3 is 0 Å². The van der Waals surface area contributed by atoms with Crippen LogP contribution in [0.1, 0.15) is 38.5 Å². The van der Waals surface area contributed by atoms with E-state index in [1.54, 1.807) is 0 Å². The molecule has 3 N–H and O–H groups in total. The maximum absolute atomic E-state index is 5.40. The van der Waals surface area contributed by atoms with Gasteiger partial charge in [-0.15, -0.1) is 0 Å². The summed E-state index contributed by atoms with van der Waals surface area (Å²) in [5.41, 5.74) is 5.40. The topological polar surface area (TPSA) is 38.0 Å². The first-order valence-corrected chi connectivity index (χ1v) is 5.99. The minimum absolute atomic E-state index is 0.756. The minimum Gasteiger partial charge on any atom is -0.329 e. The number of hydrogen-bond acceptors (Lipinski definition) is 2. The number of hydrogen-bond donors (Lipinski definition) is 2. The molecule has 1 aliphatic carbocycles. The van der Waals surface area contributed by atoms with Crippen LogP contribution < -0.4 is 11.1 Å². The summed E-state index contributed by atoms with van der Waals surface area (Å²) in [6.07, 6.45) is 12.8. The molecule has 0 amide bonds. The SMILES string of the molecule is NCCNCCCC1CC=CCCC1. The number of nitrogens with two attached hydrogens (primary N) is 1. The zero-order valence-corrected chi connectivity index (χ0v) is 9.17. The fourth-order valence-electron chi connectivity index (χ4n) is 2.05. The Morgan fingerprint density at radius 3 is 3.07 bits per heavy atom. The molecule has 2 heteroatoms. The van der Waals surface area contributed by atoms with Crippen LogP contribution in [0.5, 0.6) is 0 Å². The molecule has 1 rings (SSSR count). The van der Waals surface area contributed by atoms with Gasteiger partial charge in [-0.2, -0.15) is 0 Å². The zero-order valence-electron chi connectivity index (χ0n) is 9.17. The van der Waals surface area contributed by atoms with Gasteiger partial charge in [0.25, 0.3) is 0 Å². The molecule has 0 fully saturated rings. The first-order valence-electron chi connectivity index (χ1n) is 5.99. The molecule has 1 unspecified atom stereocenters. The third kappa shape index (κ3) is 5.40. The highest BCUT2D eigenvalue weighted by Gasteiger charge is 2.08. The van der Waals surface area contributed by atoms with Crippen LogP contribution in [0.15, 0.2) is 12.2 Å². The van der Waals surface area contributed by atoms with Crippen molar-refractivity contribution in [1.82, 2.24) is 5.32 Å². The lowest BCUT2D eigenvalue weighted by molar-refractivity contribution is 0.431. The predicted molar refractivity (Wildman–Crippen MR) is 62.3 cm³/mol. The molecule has 14 heavy (non-hydrogen) atoms. The van der Waals surface area contributed by atoms with Crippen molar-refractivity contribution >= 4 is 0 Å². The van der Waals surface area contributed by atoms with E-state index in [4.69, 9.17) is 5.73 Å². The molecule has 0 aromatic rings. The lowest BCUT2D eigenvalue weighted by Crippen LogP contribution is -2.23.